The van der Waals surface area contributed by atoms with Crippen molar-refractivity contribution in [1.29, 1.82) is 5.26 Å². The molecule has 0 unspecified atom stereocenters. The summed E-state index contributed by atoms with van der Waals surface area (Å²) in [5.74, 6) is 1.39. The zero-order chi connectivity index (χ0) is 14.2. The Morgan fingerprint density at radius 2 is 2.10 bits per heavy atom. The molecule has 0 saturated heterocycles. The lowest BCUT2D eigenvalue weighted by Crippen LogP contribution is -2.34. The van der Waals surface area contributed by atoms with E-state index < -0.39 is 0 Å². The number of hydrogen-bond donors (Lipinski definition) is 2. The number of nitriles is 1. The van der Waals surface area contributed by atoms with Gasteiger partial charge in [-0.05, 0) is 30.7 Å². The molecule has 0 bridgehead atoms. The van der Waals surface area contributed by atoms with Gasteiger partial charge in [0.1, 0.15) is 19.8 Å². The van der Waals surface area contributed by atoms with E-state index in [1.54, 1.807) is 0 Å². The molecule has 0 atom stereocenters. The number of benzene rings is 1. The summed E-state index contributed by atoms with van der Waals surface area (Å²) >= 11 is 0. The van der Waals surface area contributed by atoms with E-state index in [4.69, 9.17) is 14.7 Å². The van der Waals surface area contributed by atoms with Crippen LogP contribution in [0.5, 0.6) is 11.5 Å². The van der Waals surface area contributed by atoms with Gasteiger partial charge in [0.15, 0.2) is 11.5 Å². The molecule has 0 saturated carbocycles. The van der Waals surface area contributed by atoms with Crippen molar-refractivity contribution in [3.8, 4) is 17.6 Å². The number of nitrogens with one attached hydrogen (secondary N) is 2. The number of fused-ring (bicyclic) bond motifs is 1. The summed E-state index contributed by atoms with van der Waals surface area (Å²) in [6.07, 6.45) is 0.794. The molecular formula is C14H17N3O3. The first kappa shape index (κ1) is 14.2. The Balaban J connectivity index is 1.72. The summed E-state index contributed by atoms with van der Waals surface area (Å²) in [6, 6.07) is 7.72. The van der Waals surface area contributed by atoms with Gasteiger partial charge in [0.2, 0.25) is 5.91 Å². The Bertz CT molecular complexity index is 511. The van der Waals surface area contributed by atoms with Crippen molar-refractivity contribution in [3.05, 3.63) is 23.8 Å². The quantitative estimate of drug-likeness (QED) is 0.573. The SMILES string of the molecule is N#CCNC(=O)CNCCc1ccc2c(c1)OCCO2. The first-order valence-electron chi connectivity index (χ1n) is 6.52. The topological polar surface area (TPSA) is 83.4 Å². The van der Waals surface area contributed by atoms with Crippen LogP contribution < -0.4 is 20.1 Å². The summed E-state index contributed by atoms with van der Waals surface area (Å²) in [7, 11) is 0. The van der Waals surface area contributed by atoms with Crippen molar-refractivity contribution in [2.75, 3.05) is 32.8 Å². The molecule has 1 heterocycles. The Labute approximate surface area is 117 Å². The highest BCUT2D eigenvalue weighted by atomic mass is 16.6. The van der Waals surface area contributed by atoms with Gasteiger partial charge in [-0.1, -0.05) is 6.07 Å². The second-order valence-corrected chi connectivity index (χ2v) is 4.34. The number of ether oxygens (including phenoxy) is 2. The van der Waals surface area contributed by atoms with Crippen LogP contribution in [0.1, 0.15) is 5.56 Å². The predicted molar refractivity (Wildman–Crippen MR) is 72.6 cm³/mol. The maximum Gasteiger partial charge on any atom is 0.234 e. The van der Waals surface area contributed by atoms with E-state index in [1.807, 2.05) is 24.3 Å². The maximum absolute atomic E-state index is 11.2. The van der Waals surface area contributed by atoms with Gasteiger partial charge in [-0.2, -0.15) is 5.26 Å². The van der Waals surface area contributed by atoms with Gasteiger partial charge < -0.3 is 20.1 Å². The van der Waals surface area contributed by atoms with Crippen LogP contribution >= 0.6 is 0 Å². The molecule has 1 aliphatic rings. The van der Waals surface area contributed by atoms with Crippen LogP contribution in [0, 0.1) is 11.3 Å². The van der Waals surface area contributed by atoms with Gasteiger partial charge in [0, 0.05) is 0 Å². The number of amides is 1. The molecule has 106 valence electrons. The number of hydrogen-bond acceptors (Lipinski definition) is 5. The monoisotopic (exact) mass is 275 g/mol. The summed E-state index contributed by atoms with van der Waals surface area (Å²) in [4.78, 5) is 11.2. The first-order chi connectivity index (χ1) is 9.79. The van der Waals surface area contributed by atoms with Gasteiger partial charge in [-0.3, -0.25) is 4.79 Å². The van der Waals surface area contributed by atoms with E-state index in [2.05, 4.69) is 10.6 Å². The highest BCUT2D eigenvalue weighted by Crippen LogP contribution is 2.30. The molecule has 6 nitrogen and oxygen atoms in total. The van der Waals surface area contributed by atoms with Crippen LogP contribution in [0.3, 0.4) is 0 Å². The van der Waals surface area contributed by atoms with E-state index in [9.17, 15) is 4.79 Å². The molecule has 0 fully saturated rings. The van der Waals surface area contributed by atoms with Crippen LogP contribution in [0.2, 0.25) is 0 Å². The van der Waals surface area contributed by atoms with Crippen LogP contribution in [0.4, 0.5) is 0 Å². The van der Waals surface area contributed by atoms with Crippen molar-refractivity contribution in [2.24, 2.45) is 0 Å². The lowest BCUT2D eigenvalue weighted by atomic mass is 10.1. The van der Waals surface area contributed by atoms with Gasteiger partial charge in [-0.15, -0.1) is 0 Å². The lowest BCUT2D eigenvalue weighted by Gasteiger charge is -2.18. The van der Waals surface area contributed by atoms with E-state index in [1.165, 1.54) is 0 Å². The van der Waals surface area contributed by atoms with Gasteiger partial charge in [0.25, 0.3) is 0 Å². The fraction of sp³-hybridized carbons (Fsp3) is 0.429. The lowest BCUT2D eigenvalue weighted by molar-refractivity contribution is -0.120. The summed E-state index contributed by atoms with van der Waals surface area (Å²) < 4.78 is 11.0. The zero-order valence-electron chi connectivity index (χ0n) is 11.1. The van der Waals surface area contributed by atoms with Crippen molar-refractivity contribution in [3.63, 3.8) is 0 Å². The van der Waals surface area contributed by atoms with Crippen LogP contribution in [0.25, 0.3) is 0 Å². The minimum atomic E-state index is -0.172. The Morgan fingerprint density at radius 1 is 1.30 bits per heavy atom. The minimum Gasteiger partial charge on any atom is -0.486 e. The van der Waals surface area contributed by atoms with E-state index in [0.29, 0.717) is 19.8 Å². The standard InChI is InChI=1S/C14H17N3O3/c15-4-6-17-14(18)10-16-5-3-11-1-2-12-13(9-11)20-8-7-19-12/h1-2,9,16H,3,5-8,10H2,(H,17,18). The molecule has 1 aromatic carbocycles. The van der Waals surface area contributed by atoms with E-state index in [-0.39, 0.29) is 19.0 Å². The molecule has 20 heavy (non-hydrogen) atoms. The third-order valence-corrected chi connectivity index (χ3v) is 2.85. The molecule has 1 aliphatic heterocycles. The Kier molecular flexibility index (Phi) is 5.21. The van der Waals surface area contributed by atoms with Crippen LogP contribution in [0.15, 0.2) is 18.2 Å². The minimum absolute atomic E-state index is 0.0443. The van der Waals surface area contributed by atoms with Crippen molar-refractivity contribution >= 4 is 5.91 Å². The van der Waals surface area contributed by atoms with E-state index >= 15 is 0 Å². The largest absolute Gasteiger partial charge is 0.486 e. The Hall–Kier alpha value is -2.26. The molecule has 0 radical (unpaired) electrons. The smallest absolute Gasteiger partial charge is 0.234 e. The van der Waals surface area contributed by atoms with Crippen molar-refractivity contribution in [2.45, 2.75) is 6.42 Å². The third kappa shape index (κ3) is 4.14. The number of carbonyl (C=O) groups is 1. The zero-order valence-corrected chi connectivity index (χ0v) is 11.1. The normalized spacial score (nSPS) is 12.6. The molecule has 6 heteroatoms. The number of carbonyl (C=O) groups excluding carboxylic acids is 1. The molecule has 1 aromatic rings. The second-order valence-electron chi connectivity index (χ2n) is 4.34. The highest BCUT2D eigenvalue weighted by molar-refractivity contribution is 5.78. The maximum atomic E-state index is 11.2. The van der Waals surface area contributed by atoms with E-state index in [0.717, 1.165) is 23.5 Å². The average molecular weight is 275 g/mol. The highest BCUT2D eigenvalue weighted by Gasteiger charge is 2.11. The first-order valence-corrected chi connectivity index (χ1v) is 6.52. The summed E-state index contributed by atoms with van der Waals surface area (Å²) in [5, 5.41) is 13.8. The van der Waals surface area contributed by atoms with Crippen molar-refractivity contribution in [1.82, 2.24) is 10.6 Å². The third-order valence-electron chi connectivity index (χ3n) is 2.85. The fourth-order valence-electron chi connectivity index (χ4n) is 1.88. The molecular weight excluding hydrogens is 258 g/mol. The molecule has 0 spiro atoms. The number of nitrogens with zero attached hydrogens (tertiary/aromatic N) is 1. The molecule has 2 rings (SSSR count). The molecule has 0 aromatic heterocycles. The molecule has 0 aliphatic carbocycles. The Morgan fingerprint density at radius 3 is 2.90 bits per heavy atom. The summed E-state index contributed by atoms with van der Waals surface area (Å²) in [6.45, 7) is 2.11. The fourth-order valence-corrected chi connectivity index (χ4v) is 1.88. The van der Waals surface area contributed by atoms with Gasteiger partial charge >= 0.3 is 0 Å². The average Bonchev–Trinajstić information content (AvgIpc) is 2.49. The second kappa shape index (κ2) is 7.36. The van der Waals surface area contributed by atoms with Crippen molar-refractivity contribution < 1.29 is 14.3 Å². The number of rotatable bonds is 6. The molecule has 1 amide bonds. The van der Waals surface area contributed by atoms with Gasteiger partial charge in [-0.25, -0.2) is 0 Å². The van der Waals surface area contributed by atoms with Crippen LogP contribution in [-0.4, -0.2) is 38.8 Å². The molecule has 2 N–H and O–H groups in total. The summed E-state index contributed by atoms with van der Waals surface area (Å²) in [5.41, 5.74) is 1.12. The van der Waals surface area contributed by atoms with Crippen LogP contribution in [-0.2, 0) is 11.2 Å². The predicted octanol–water partition coefficient (Wildman–Crippen LogP) is 0.230. The van der Waals surface area contributed by atoms with Gasteiger partial charge in [0.05, 0.1) is 12.6 Å².